The Hall–Kier alpha value is -2.02. The number of nitrogens with two attached hydrogens (primary N) is 1. The van der Waals surface area contributed by atoms with E-state index in [0.29, 0.717) is 11.3 Å². The monoisotopic (exact) mass is 373 g/mol. The lowest BCUT2D eigenvalue weighted by Gasteiger charge is -2.45. The molecule has 4 rings (SSSR count). The van der Waals surface area contributed by atoms with Crippen LogP contribution in [0.5, 0.6) is 0 Å². The molecule has 1 saturated carbocycles. The van der Waals surface area contributed by atoms with E-state index in [1.807, 2.05) is 0 Å². The zero-order valence-corrected chi connectivity index (χ0v) is 18.4. The molecule has 3 atom stereocenters. The summed E-state index contributed by atoms with van der Waals surface area (Å²) in [5.74, 6) is 1.39. The number of anilines is 1. The van der Waals surface area contributed by atoms with Crippen molar-refractivity contribution >= 4 is 11.8 Å². The van der Waals surface area contributed by atoms with Crippen LogP contribution in [0.3, 0.4) is 0 Å². The first-order valence-electron chi connectivity index (χ1n) is 10.9. The summed E-state index contributed by atoms with van der Waals surface area (Å²) >= 11 is 0. The fraction of sp³-hybridized carbons (Fsp3) is 0.481. The number of hydrogen-bond donors (Lipinski definition) is 1. The predicted octanol–water partition coefficient (Wildman–Crippen LogP) is 7.00. The van der Waals surface area contributed by atoms with Crippen molar-refractivity contribution in [1.29, 1.82) is 0 Å². The molecule has 1 fully saturated rings. The van der Waals surface area contributed by atoms with E-state index in [-0.39, 0.29) is 5.41 Å². The van der Waals surface area contributed by atoms with Crippen molar-refractivity contribution in [2.75, 3.05) is 5.73 Å². The number of benzene rings is 1. The number of nitrogen functional groups attached to an aromatic ring is 1. The third-order valence-electron chi connectivity index (χ3n) is 7.73. The van der Waals surface area contributed by atoms with Gasteiger partial charge in [0.2, 0.25) is 0 Å². The highest BCUT2D eigenvalue weighted by molar-refractivity contribution is 5.73. The van der Waals surface area contributed by atoms with Crippen molar-refractivity contribution < 1.29 is 0 Å². The molecule has 0 heterocycles. The number of allylic oxidation sites excluding steroid dienone is 7. The minimum Gasteiger partial charge on any atom is -0.398 e. The zero-order chi connectivity index (χ0) is 20.3. The molecular weight excluding hydrogens is 338 g/mol. The van der Waals surface area contributed by atoms with Gasteiger partial charge in [0, 0.05) is 16.7 Å². The van der Waals surface area contributed by atoms with Crippen molar-refractivity contribution in [1.82, 2.24) is 0 Å². The molecule has 1 aromatic carbocycles. The summed E-state index contributed by atoms with van der Waals surface area (Å²) in [6, 6.07) is 4.38. The summed E-state index contributed by atoms with van der Waals surface area (Å²) in [6.07, 6.45) is 15.2. The van der Waals surface area contributed by atoms with E-state index in [9.17, 15) is 0 Å². The van der Waals surface area contributed by atoms with Crippen LogP contribution in [-0.2, 0) is 11.8 Å². The highest BCUT2D eigenvalue weighted by atomic mass is 14.6. The van der Waals surface area contributed by atoms with Gasteiger partial charge in [0.05, 0.1) is 0 Å². The van der Waals surface area contributed by atoms with Crippen LogP contribution in [0.1, 0.15) is 71.1 Å². The van der Waals surface area contributed by atoms with Gasteiger partial charge in [-0.05, 0) is 80.1 Å². The molecule has 0 aliphatic heterocycles. The Morgan fingerprint density at radius 1 is 1.14 bits per heavy atom. The molecule has 0 amide bonds. The molecule has 28 heavy (non-hydrogen) atoms. The fourth-order valence-electron chi connectivity index (χ4n) is 6.38. The lowest BCUT2D eigenvalue weighted by molar-refractivity contribution is 0.380. The molecule has 1 heteroatoms. The van der Waals surface area contributed by atoms with E-state index in [1.54, 1.807) is 11.1 Å². The highest BCUT2D eigenvalue weighted by Gasteiger charge is 2.56. The molecule has 1 aromatic rings. The average Bonchev–Trinajstić information content (AvgIpc) is 3.27. The quantitative estimate of drug-likeness (QED) is 0.448. The molecule has 0 saturated heterocycles. The van der Waals surface area contributed by atoms with Crippen LogP contribution >= 0.6 is 0 Å². The Morgan fingerprint density at radius 2 is 1.86 bits per heavy atom. The van der Waals surface area contributed by atoms with E-state index < -0.39 is 0 Å². The minimum atomic E-state index is 0.0153. The topological polar surface area (TPSA) is 26.0 Å². The Labute approximate surface area is 171 Å². The molecular formula is C27H35N. The Balaban J connectivity index is 1.93. The van der Waals surface area contributed by atoms with Crippen LogP contribution in [0, 0.1) is 17.3 Å². The molecule has 0 spiro atoms. The number of rotatable bonds is 3. The molecule has 3 unspecified atom stereocenters. The maximum absolute atomic E-state index is 6.43. The summed E-state index contributed by atoms with van der Waals surface area (Å²) in [5.41, 5.74) is 16.6. The van der Waals surface area contributed by atoms with Gasteiger partial charge in [0.25, 0.3) is 0 Å². The first-order chi connectivity index (χ1) is 13.3. The molecule has 0 aromatic heterocycles. The molecule has 1 nitrogen and oxygen atoms in total. The maximum Gasteiger partial charge on any atom is 0.0390 e. The van der Waals surface area contributed by atoms with Crippen molar-refractivity contribution in [3.63, 3.8) is 0 Å². The molecule has 3 aliphatic carbocycles. The second-order valence-electron chi connectivity index (χ2n) is 9.69. The third-order valence-corrected chi connectivity index (χ3v) is 7.73. The van der Waals surface area contributed by atoms with Crippen LogP contribution in [0.2, 0.25) is 0 Å². The lowest BCUT2D eigenvalue weighted by Crippen LogP contribution is -2.35. The maximum atomic E-state index is 6.43. The van der Waals surface area contributed by atoms with Gasteiger partial charge < -0.3 is 5.73 Å². The minimum absolute atomic E-state index is 0.0153. The summed E-state index contributed by atoms with van der Waals surface area (Å²) in [4.78, 5) is 0. The molecule has 2 N–H and O–H groups in total. The van der Waals surface area contributed by atoms with Crippen LogP contribution in [-0.4, -0.2) is 0 Å². The second kappa shape index (κ2) is 6.51. The second-order valence-corrected chi connectivity index (χ2v) is 9.69. The summed E-state index contributed by atoms with van der Waals surface area (Å²) in [5, 5.41) is 0. The highest BCUT2D eigenvalue weighted by Crippen LogP contribution is 2.65. The first-order valence-corrected chi connectivity index (χ1v) is 10.9. The summed E-state index contributed by atoms with van der Waals surface area (Å²) < 4.78 is 0. The molecule has 3 aliphatic rings. The normalized spacial score (nSPS) is 31.1. The SMILES string of the molecule is CC=CC1(C2CC=C(C)C3=C2Cc2c(ccc(N)c2/C=C\C)C3(C)C)CC1C. The summed E-state index contributed by atoms with van der Waals surface area (Å²) in [6.45, 7) is 13.8. The Kier molecular flexibility index (Phi) is 4.49. The van der Waals surface area contributed by atoms with Gasteiger partial charge in [0.1, 0.15) is 0 Å². The fourth-order valence-corrected chi connectivity index (χ4v) is 6.38. The van der Waals surface area contributed by atoms with Crippen molar-refractivity contribution in [3.05, 3.63) is 69.8 Å². The van der Waals surface area contributed by atoms with Gasteiger partial charge in [-0.15, -0.1) is 0 Å². The molecule has 0 radical (unpaired) electrons. The Bertz CT molecular complexity index is 937. The Morgan fingerprint density at radius 3 is 2.46 bits per heavy atom. The van der Waals surface area contributed by atoms with Crippen LogP contribution in [0.25, 0.3) is 6.08 Å². The standard InChI is InChI=1S/C27H35N/c1-7-9-19-20-15-21-23(27(14-8-2)16-18(27)4)11-10-17(3)25(21)26(5,6)22(20)12-13-24(19)28/h7-10,12-14,18,23H,11,15-16,28H2,1-6H3/b9-7-,14-8?. The third kappa shape index (κ3) is 2.59. The largest absolute Gasteiger partial charge is 0.398 e. The van der Waals surface area contributed by atoms with Gasteiger partial charge in [-0.1, -0.05) is 68.4 Å². The van der Waals surface area contributed by atoms with Gasteiger partial charge in [-0.25, -0.2) is 0 Å². The van der Waals surface area contributed by atoms with Crippen molar-refractivity contribution in [3.8, 4) is 0 Å². The summed E-state index contributed by atoms with van der Waals surface area (Å²) in [7, 11) is 0. The van der Waals surface area contributed by atoms with Gasteiger partial charge >= 0.3 is 0 Å². The van der Waals surface area contributed by atoms with Gasteiger partial charge in [-0.3, -0.25) is 0 Å². The van der Waals surface area contributed by atoms with Crippen LogP contribution in [0.15, 0.2) is 53.2 Å². The van der Waals surface area contributed by atoms with Gasteiger partial charge in [-0.2, -0.15) is 0 Å². The van der Waals surface area contributed by atoms with Crippen molar-refractivity contribution in [2.24, 2.45) is 17.3 Å². The van der Waals surface area contributed by atoms with E-state index in [2.05, 4.69) is 84.1 Å². The molecule has 0 bridgehead atoms. The molecule has 148 valence electrons. The van der Waals surface area contributed by atoms with Crippen LogP contribution in [0.4, 0.5) is 5.69 Å². The zero-order valence-electron chi connectivity index (χ0n) is 18.4. The first kappa shape index (κ1) is 19.3. The van der Waals surface area contributed by atoms with Crippen molar-refractivity contribution in [2.45, 2.75) is 66.2 Å². The predicted molar refractivity (Wildman–Crippen MR) is 122 cm³/mol. The lowest BCUT2D eigenvalue weighted by atomic mass is 9.59. The van der Waals surface area contributed by atoms with Gasteiger partial charge in [0.15, 0.2) is 0 Å². The van der Waals surface area contributed by atoms with E-state index in [0.717, 1.165) is 18.0 Å². The van der Waals surface area contributed by atoms with E-state index in [1.165, 1.54) is 35.1 Å². The number of hydrogen-bond acceptors (Lipinski definition) is 1. The average molecular weight is 374 g/mol. The van der Waals surface area contributed by atoms with E-state index in [4.69, 9.17) is 5.73 Å². The number of fused-ring (bicyclic) bond motifs is 1. The van der Waals surface area contributed by atoms with Crippen LogP contribution < -0.4 is 5.73 Å². The van der Waals surface area contributed by atoms with E-state index >= 15 is 0 Å². The smallest absolute Gasteiger partial charge is 0.0390 e.